The van der Waals surface area contributed by atoms with Gasteiger partial charge in [-0.1, -0.05) is 19.1 Å². The second-order valence-corrected chi connectivity index (χ2v) is 6.61. The molecule has 2 heterocycles. The van der Waals surface area contributed by atoms with Crippen molar-refractivity contribution in [3.8, 4) is 0 Å². The van der Waals surface area contributed by atoms with Crippen LogP contribution in [-0.4, -0.2) is 31.3 Å². The molecule has 3 rings (SSSR count). The van der Waals surface area contributed by atoms with Crippen LogP contribution in [0.5, 0.6) is 0 Å². The SMILES string of the molecule is CCCc1nc2nc(C)c(CC(=O)Nc3cccc(C(C)=O)c3)c(C)n2n1. The van der Waals surface area contributed by atoms with Crippen molar-refractivity contribution in [1.29, 1.82) is 0 Å². The van der Waals surface area contributed by atoms with Crippen LogP contribution in [0.25, 0.3) is 5.78 Å². The summed E-state index contributed by atoms with van der Waals surface area (Å²) in [5, 5.41) is 7.35. The molecule has 140 valence electrons. The second-order valence-electron chi connectivity index (χ2n) is 6.61. The summed E-state index contributed by atoms with van der Waals surface area (Å²) in [7, 11) is 0. The van der Waals surface area contributed by atoms with Crippen LogP contribution in [0.1, 0.15) is 53.4 Å². The zero-order chi connectivity index (χ0) is 19.6. The molecule has 0 aliphatic rings. The van der Waals surface area contributed by atoms with Crippen LogP contribution in [0.15, 0.2) is 24.3 Å². The molecule has 0 fully saturated rings. The maximum Gasteiger partial charge on any atom is 0.252 e. The molecule has 2 aromatic heterocycles. The fraction of sp³-hybridized carbons (Fsp3) is 0.350. The molecule has 0 unspecified atom stereocenters. The number of rotatable bonds is 6. The average Bonchev–Trinajstić information content (AvgIpc) is 3.01. The Kier molecular flexibility index (Phi) is 5.30. The Labute approximate surface area is 157 Å². The van der Waals surface area contributed by atoms with E-state index >= 15 is 0 Å². The molecule has 3 aromatic rings. The number of Topliss-reactive ketones (excluding diaryl/α,β-unsaturated/α-hetero) is 1. The van der Waals surface area contributed by atoms with E-state index in [0.717, 1.165) is 35.6 Å². The minimum absolute atomic E-state index is 0.0403. The normalized spacial score (nSPS) is 11.0. The van der Waals surface area contributed by atoms with Gasteiger partial charge in [-0.15, -0.1) is 5.10 Å². The lowest BCUT2D eigenvalue weighted by atomic mass is 10.1. The van der Waals surface area contributed by atoms with E-state index in [1.807, 2.05) is 13.8 Å². The predicted octanol–water partition coefficient (Wildman–Crippen LogP) is 3.08. The fourth-order valence-electron chi connectivity index (χ4n) is 3.02. The Balaban J connectivity index is 1.84. The van der Waals surface area contributed by atoms with Crippen LogP contribution in [-0.2, 0) is 17.6 Å². The Hall–Kier alpha value is -3.09. The number of anilines is 1. The van der Waals surface area contributed by atoms with Gasteiger partial charge in [0, 0.05) is 34.6 Å². The van der Waals surface area contributed by atoms with Crippen molar-refractivity contribution in [3.05, 3.63) is 52.6 Å². The summed E-state index contributed by atoms with van der Waals surface area (Å²) in [5.74, 6) is 1.11. The van der Waals surface area contributed by atoms with Crippen molar-refractivity contribution < 1.29 is 9.59 Å². The van der Waals surface area contributed by atoms with Gasteiger partial charge in [0.1, 0.15) is 0 Å². The molecule has 0 saturated carbocycles. The molecule has 0 spiro atoms. The molecular weight excluding hydrogens is 342 g/mol. The molecule has 1 N–H and O–H groups in total. The first-order valence-corrected chi connectivity index (χ1v) is 9.01. The summed E-state index contributed by atoms with van der Waals surface area (Å²) in [4.78, 5) is 33.0. The smallest absolute Gasteiger partial charge is 0.252 e. The summed E-state index contributed by atoms with van der Waals surface area (Å²) in [6, 6.07) is 6.92. The molecule has 27 heavy (non-hydrogen) atoms. The molecule has 1 amide bonds. The van der Waals surface area contributed by atoms with Crippen molar-refractivity contribution in [1.82, 2.24) is 19.6 Å². The van der Waals surface area contributed by atoms with E-state index in [0.29, 0.717) is 17.0 Å². The van der Waals surface area contributed by atoms with Gasteiger partial charge in [0.25, 0.3) is 5.78 Å². The number of hydrogen-bond donors (Lipinski definition) is 1. The minimum Gasteiger partial charge on any atom is -0.326 e. The minimum atomic E-state index is -0.169. The monoisotopic (exact) mass is 365 g/mol. The van der Waals surface area contributed by atoms with Gasteiger partial charge in [0.2, 0.25) is 5.91 Å². The maximum atomic E-state index is 12.5. The van der Waals surface area contributed by atoms with Gasteiger partial charge in [-0.2, -0.15) is 4.98 Å². The van der Waals surface area contributed by atoms with Crippen molar-refractivity contribution in [2.24, 2.45) is 0 Å². The second kappa shape index (κ2) is 7.65. The summed E-state index contributed by atoms with van der Waals surface area (Å²) >= 11 is 0. The lowest BCUT2D eigenvalue weighted by Gasteiger charge is -2.11. The molecule has 0 saturated heterocycles. The van der Waals surface area contributed by atoms with Gasteiger partial charge in [0.15, 0.2) is 11.6 Å². The average molecular weight is 365 g/mol. The third-order valence-corrected chi connectivity index (χ3v) is 4.46. The van der Waals surface area contributed by atoms with Crippen LogP contribution in [0.2, 0.25) is 0 Å². The zero-order valence-electron chi connectivity index (χ0n) is 16.0. The highest BCUT2D eigenvalue weighted by atomic mass is 16.1. The first-order valence-electron chi connectivity index (χ1n) is 9.01. The van der Waals surface area contributed by atoms with Gasteiger partial charge in [-0.25, -0.2) is 9.50 Å². The van der Waals surface area contributed by atoms with Crippen LogP contribution in [0.3, 0.4) is 0 Å². The van der Waals surface area contributed by atoms with Crippen LogP contribution < -0.4 is 5.32 Å². The van der Waals surface area contributed by atoms with Crippen molar-refractivity contribution in [2.45, 2.75) is 47.0 Å². The number of carbonyl (C=O) groups excluding carboxylic acids is 2. The quantitative estimate of drug-likeness (QED) is 0.678. The molecule has 0 radical (unpaired) electrons. The largest absolute Gasteiger partial charge is 0.326 e. The molecule has 0 atom stereocenters. The van der Waals surface area contributed by atoms with E-state index < -0.39 is 0 Å². The van der Waals surface area contributed by atoms with E-state index in [-0.39, 0.29) is 18.1 Å². The number of amides is 1. The standard InChI is InChI=1S/C20H23N5O2/c1-5-7-18-23-20-21-12(2)17(13(3)25(20)24-18)11-19(27)22-16-9-6-8-15(10-16)14(4)26/h6,8-10H,5,7,11H2,1-4H3,(H,22,27). The Morgan fingerprint density at radius 3 is 2.67 bits per heavy atom. The number of carbonyl (C=O) groups is 2. The number of ketones is 1. The van der Waals surface area contributed by atoms with E-state index in [2.05, 4.69) is 27.3 Å². The van der Waals surface area contributed by atoms with Gasteiger partial charge in [-0.05, 0) is 39.3 Å². The van der Waals surface area contributed by atoms with Gasteiger partial charge in [-0.3, -0.25) is 9.59 Å². The Morgan fingerprint density at radius 2 is 1.96 bits per heavy atom. The summed E-state index contributed by atoms with van der Waals surface area (Å²) < 4.78 is 1.71. The van der Waals surface area contributed by atoms with E-state index in [1.54, 1.807) is 28.8 Å². The number of nitrogens with one attached hydrogen (secondary N) is 1. The molecule has 0 bridgehead atoms. The highest BCUT2D eigenvalue weighted by Gasteiger charge is 2.16. The Morgan fingerprint density at radius 1 is 1.19 bits per heavy atom. The molecule has 7 heteroatoms. The highest BCUT2D eigenvalue weighted by molar-refractivity contribution is 5.97. The number of aromatic nitrogens is 4. The van der Waals surface area contributed by atoms with E-state index in [4.69, 9.17) is 0 Å². The van der Waals surface area contributed by atoms with Gasteiger partial charge < -0.3 is 5.32 Å². The first kappa shape index (κ1) is 18.7. The topological polar surface area (TPSA) is 89.2 Å². The number of nitrogens with zero attached hydrogens (tertiary/aromatic N) is 4. The number of benzene rings is 1. The zero-order valence-corrected chi connectivity index (χ0v) is 16.0. The lowest BCUT2D eigenvalue weighted by Crippen LogP contribution is -2.18. The molecule has 7 nitrogen and oxygen atoms in total. The third kappa shape index (κ3) is 4.02. The van der Waals surface area contributed by atoms with Crippen LogP contribution in [0.4, 0.5) is 5.69 Å². The number of fused-ring (bicyclic) bond motifs is 1. The molecule has 0 aliphatic heterocycles. The summed E-state index contributed by atoms with van der Waals surface area (Å²) in [6.45, 7) is 7.37. The summed E-state index contributed by atoms with van der Waals surface area (Å²) in [6.07, 6.45) is 1.93. The fourth-order valence-corrected chi connectivity index (χ4v) is 3.02. The number of aryl methyl sites for hydroxylation is 3. The van der Waals surface area contributed by atoms with Crippen molar-refractivity contribution in [3.63, 3.8) is 0 Å². The van der Waals surface area contributed by atoms with E-state index in [1.165, 1.54) is 6.92 Å². The van der Waals surface area contributed by atoms with Crippen molar-refractivity contribution >= 4 is 23.2 Å². The molecule has 0 aliphatic carbocycles. The van der Waals surface area contributed by atoms with Gasteiger partial charge in [0.05, 0.1) is 6.42 Å². The van der Waals surface area contributed by atoms with Crippen molar-refractivity contribution in [2.75, 3.05) is 5.32 Å². The lowest BCUT2D eigenvalue weighted by molar-refractivity contribution is -0.115. The Bertz CT molecular complexity index is 1020. The van der Waals surface area contributed by atoms with E-state index in [9.17, 15) is 9.59 Å². The summed E-state index contributed by atoms with van der Waals surface area (Å²) in [5.41, 5.74) is 3.62. The third-order valence-electron chi connectivity index (χ3n) is 4.46. The molecule has 1 aromatic carbocycles. The maximum absolute atomic E-state index is 12.5. The number of hydrogen-bond acceptors (Lipinski definition) is 5. The van der Waals surface area contributed by atoms with Crippen LogP contribution in [0, 0.1) is 13.8 Å². The first-order chi connectivity index (χ1) is 12.9. The predicted molar refractivity (Wildman–Crippen MR) is 103 cm³/mol. The van der Waals surface area contributed by atoms with Crippen LogP contribution >= 0.6 is 0 Å². The highest BCUT2D eigenvalue weighted by Crippen LogP contribution is 2.17. The molecular formula is C20H23N5O2. The van der Waals surface area contributed by atoms with Gasteiger partial charge >= 0.3 is 0 Å².